The molecule has 0 spiro atoms. The lowest BCUT2D eigenvalue weighted by atomic mass is 10.0. The average molecular weight is 507 g/mol. The van der Waals surface area contributed by atoms with Crippen molar-refractivity contribution in [3.63, 3.8) is 0 Å². The van der Waals surface area contributed by atoms with Gasteiger partial charge in [-0.2, -0.15) is 13.2 Å². The van der Waals surface area contributed by atoms with Crippen molar-refractivity contribution in [1.82, 2.24) is 20.2 Å². The summed E-state index contributed by atoms with van der Waals surface area (Å²) in [5.41, 5.74) is 2.85. The lowest BCUT2D eigenvalue weighted by Gasteiger charge is -2.37. The maximum Gasteiger partial charge on any atom is 0.405 e. The lowest BCUT2D eigenvalue weighted by Crippen LogP contribution is -2.45. The van der Waals surface area contributed by atoms with E-state index in [1.165, 1.54) is 0 Å². The molecule has 36 heavy (non-hydrogen) atoms. The Morgan fingerprint density at radius 3 is 2.58 bits per heavy atom. The standard InChI is InChI=1S/C24H29F3N6O3/c1-3-20(34)32-9-8-18-19(12-32)30-21(31-22(18)33-10-11-36-13-15(33)2)16-4-6-17(7-5-16)29-23(35)28-14-24(25,26)27/h4-7,15H,3,8-14H2,1-2H3,(H2,28,29,35). The quantitative estimate of drug-likeness (QED) is 0.646. The number of morpholine rings is 1. The van der Waals surface area contributed by atoms with Crippen LogP contribution in [0.3, 0.4) is 0 Å². The first-order chi connectivity index (χ1) is 17.1. The molecule has 4 rings (SSSR count). The number of aromatic nitrogens is 2. The van der Waals surface area contributed by atoms with Crippen LogP contribution in [0.25, 0.3) is 11.4 Å². The van der Waals surface area contributed by atoms with E-state index in [0.29, 0.717) is 62.8 Å². The minimum Gasteiger partial charge on any atom is -0.377 e. The molecule has 1 unspecified atom stereocenters. The number of rotatable bonds is 5. The number of nitrogens with zero attached hydrogens (tertiary/aromatic N) is 4. The predicted octanol–water partition coefficient (Wildman–Crippen LogP) is 3.35. The zero-order chi connectivity index (χ0) is 25.9. The SMILES string of the molecule is CCC(=O)N1CCc2c(nc(-c3ccc(NC(=O)NCC(F)(F)F)cc3)nc2N2CCOCC2C)C1. The number of urea groups is 1. The molecule has 1 atom stereocenters. The molecule has 1 fully saturated rings. The molecule has 1 saturated heterocycles. The van der Waals surface area contributed by atoms with Crippen LogP contribution in [-0.4, -0.2) is 71.9 Å². The number of fused-ring (bicyclic) bond motifs is 1. The van der Waals surface area contributed by atoms with Gasteiger partial charge in [0.15, 0.2) is 5.82 Å². The maximum atomic E-state index is 12.4. The highest BCUT2D eigenvalue weighted by Gasteiger charge is 2.30. The third-order valence-corrected chi connectivity index (χ3v) is 6.19. The van der Waals surface area contributed by atoms with Crippen molar-refractivity contribution in [2.75, 3.05) is 43.1 Å². The first kappa shape index (κ1) is 25.7. The molecule has 0 bridgehead atoms. The van der Waals surface area contributed by atoms with Gasteiger partial charge in [-0.05, 0) is 37.6 Å². The number of hydrogen-bond donors (Lipinski definition) is 2. The van der Waals surface area contributed by atoms with Crippen LogP contribution in [-0.2, 0) is 22.5 Å². The minimum atomic E-state index is -4.49. The van der Waals surface area contributed by atoms with E-state index in [2.05, 4.69) is 17.1 Å². The Bertz CT molecular complexity index is 1110. The number of carbonyl (C=O) groups excluding carboxylic acids is 2. The van der Waals surface area contributed by atoms with E-state index in [1.54, 1.807) is 34.5 Å². The number of halogens is 3. The largest absolute Gasteiger partial charge is 0.405 e. The van der Waals surface area contributed by atoms with E-state index in [0.717, 1.165) is 17.1 Å². The summed E-state index contributed by atoms with van der Waals surface area (Å²) in [6.45, 7) is 5.39. The van der Waals surface area contributed by atoms with E-state index in [1.807, 2.05) is 6.92 Å². The fourth-order valence-electron chi connectivity index (χ4n) is 4.31. The zero-order valence-corrected chi connectivity index (χ0v) is 20.2. The average Bonchev–Trinajstić information content (AvgIpc) is 2.86. The minimum absolute atomic E-state index is 0.0707. The molecule has 0 aliphatic carbocycles. The van der Waals surface area contributed by atoms with Crippen LogP contribution in [0.15, 0.2) is 24.3 Å². The Kier molecular flexibility index (Phi) is 7.62. The van der Waals surface area contributed by atoms with Crippen molar-refractivity contribution in [2.24, 2.45) is 0 Å². The van der Waals surface area contributed by atoms with Crippen molar-refractivity contribution in [3.05, 3.63) is 35.5 Å². The summed E-state index contributed by atoms with van der Waals surface area (Å²) in [6, 6.07) is 5.73. The molecule has 1 aromatic heterocycles. The van der Waals surface area contributed by atoms with Crippen molar-refractivity contribution < 1.29 is 27.5 Å². The van der Waals surface area contributed by atoms with Crippen molar-refractivity contribution in [2.45, 2.75) is 45.5 Å². The molecule has 2 aromatic rings. The number of ether oxygens (including phenoxy) is 1. The smallest absolute Gasteiger partial charge is 0.377 e. The van der Waals surface area contributed by atoms with Gasteiger partial charge in [0.25, 0.3) is 0 Å². The Hall–Kier alpha value is -3.41. The van der Waals surface area contributed by atoms with Gasteiger partial charge >= 0.3 is 12.2 Å². The molecule has 3 amide bonds. The van der Waals surface area contributed by atoms with E-state index in [-0.39, 0.29) is 11.9 Å². The summed E-state index contributed by atoms with van der Waals surface area (Å²) >= 11 is 0. The van der Waals surface area contributed by atoms with Gasteiger partial charge < -0.3 is 25.2 Å². The molecule has 3 heterocycles. The number of alkyl halides is 3. The molecule has 194 valence electrons. The molecule has 9 nitrogen and oxygen atoms in total. The van der Waals surface area contributed by atoms with Gasteiger partial charge in [0, 0.05) is 36.3 Å². The highest BCUT2D eigenvalue weighted by Crippen LogP contribution is 2.32. The Labute approximate surface area is 207 Å². The third kappa shape index (κ3) is 6.04. The number of nitrogens with one attached hydrogen (secondary N) is 2. The fourth-order valence-corrected chi connectivity index (χ4v) is 4.31. The van der Waals surface area contributed by atoms with Gasteiger partial charge in [-0.1, -0.05) is 6.92 Å². The second-order valence-electron chi connectivity index (χ2n) is 8.83. The zero-order valence-electron chi connectivity index (χ0n) is 20.2. The normalized spacial score (nSPS) is 18.0. The van der Waals surface area contributed by atoms with Crippen LogP contribution in [0.5, 0.6) is 0 Å². The van der Waals surface area contributed by atoms with Gasteiger partial charge in [0.2, 0.25) is 5.91 Å². The molecule has 0 radical (unpaired) electrons. The van der Waals surface area contributed by atoms with E-state index < -0.39 is 18.8 Å². The number of hydrogen-bond acceptors (Lipinski definition) is 6. The summed E-state index contributed by atoms with van der Waals surface area (Å²) in [5.74, 6) is 1.38. The summed E-state index contributed by atoms with van der Waals surface area (Å²) < 4.78 is 42.5. The van der Waals surface area contributed by atoms with Gasteiger partial charge in [-0.15, -0.1) is 0 Å². The summed E-state index contributed by atoms with van der Waals surface area (Å²) in [7, 11) is 0. The third-order valence-electron chi connectivity index (χ3n) is 6.19. The number of anilines is 2. The lowest BCUT2D eigenvalue weighted by molar-refractivity contribution is -0.131. The van der Waals surface area contributed by atoms with Crippen molar-refractivity contribution >= 4 is 23.4 Å². The molecule has 2 N–H and O–H groups in total. The highest BCUT2D eigenvalue weighted by molar-refractivity contribution is 5.89. The van der Waals surface area contributed by atoms with Gasteiger partial charge in [0.1, 0.15) is 12.4 Å². The maximum absolute atomic E-state index is 12.4. The Morgan fingerprint density at radius 1 is 1.17 bits per heavy atom. The highest BCUT2D eigenvalue weighted by atomic mass is 19.4. The summed E-state index contributed by atoms with van der Waals surface area (Å²) in [5, 5.41) is 4.15. The van der Waals surface area contributed by atoms with Crippen LogP contribution in [0.4, 0.5) is 29.5 Å². The number of amides is 3. The van der Waals surface area contributed by atoms with Gasteiger partial charge in [0.05, 0.1) is 31.5 Å². The van der Waals surface area contributed by atoms with Crippen LogP contribution in [0.1, 0.15) is 31.5 Å². The van der Waals surface area contributed by atoms with Gasteiger partial charge in [-0.3, -0.25) is 4.79 Å². The second-order valence-corrected chi connectivity index (χ2v) is 8.83. The molecule has 1 aromatic carbocycles. The van der Waals surface area contributed by atoms with Crippen LogP contribution in [0, 0.1) is 0 Å². The molecule has 12 heteroatoms. The first-order valence-corrected chi connectivity index (χ1v) is 11.9. The molecule has 2 aliphatic rings. The monoisotopic (exact) mass is 506 g/mol. The predicted molar refractivity (Wildman–Crippen MR) is 128 cm³/mol. The van der Waals surface area contributed by atoms with Crippen LogP contribution in [0.2, 0.25) is 0 Å². The number of benzene rings is 1. The summed E-state index contributed by atoms with van der Waals surface area (Å²) in [4.78, 5) is 37.8. The second kappa shape index (κ2) is 10.7. The molecular formula is C24H29F3N6O3. The first-order valence-electron chi connectivity index (χ1n) is 11.9. The van der Waals surface area contributed by atoms with Gasteiger partial charge in [-0.25, -0.2) is 14.8 Å². The summed E-state index contributed by atoms with van der Waals surface area (Å²) in [6.07, 6.45) is -3.40. The number of carbonyl (C=O) groups is 2. The van der Waals surface area contributed by atoms with E-state index in [9.17, 15) is 22.8 Å². The molecule has 2 aliphatic heterocycles. The fraction of sp³-hybridized carbons (Fsp3) is 0.500. The van der Waals surface area contributed by atoms with Crippen molar-refractivity contribution in [3.8, 4) is 11.4 Å². The van der Waals surface area contributed by atoms with Crippen LogP contribution < -0.4 is 15.5 Å². The Balaban J connectivity index is 1.61. The molecular weight excluding hydrogens is 477 g/mol. The molecule has 0 saturated carbocycles. The Morgan fingerprint density at radius 2 is 1.92 bits per heavy atom. The topological polar surface area (TPSA) is 99.7 Å². The van der Waals surface area contributed by atoms with E-state index in [4.69, 9.17) is 14.7 Å². The van der Waals surface area contributed by atoms with Crippen LogP contribution >= 0.6 is 0 Å². The van der Waals surface area contributed by atoms with E-state index >= 15 is 0 Å². The van der Waals surface area contributed by atoms with Crippen molar-refractivity contribution in [1.29, 1.82) is 0 Å².